The molecule has 0 atom stereocenters. The molecule has 92 valence electrons. The summed E-state index contributed by atoms with van der Waals surface area (Å²) in [5.41, 5.74) is 0.910. The zero-order valence-electron chi connectivity index (χ0n) is 10.1. The number of carbonyl (C=O) groups is 1. The quantitative estimate of drug-likeness (QED) is 0.691. The second-order valence-corrected chi connectivity index (χ2v) is 3.99. The highest BCUT2D eigenvalue weighted by Crippen LogP contribution is 2.14. The van der Waals surface area contributed by atoms with Crippen LogP contribution in [0, 0.1) is 13.8 Å². The summed E-state index contributed by atoms with van der Waals surface area (Å²) in [5.74, 6) is 1.47. The number of amides is 1. The molecule has 0 spiro atoms. The molecule has 1 fully saturated rings. The van der Waals surface area contributed by atoms with Gasteiger partial charge in [0.15, 0.2) is 5.82 Å². The minimum absolute atomic E-state index is 0.487. The first kappa shape index (κ1) is 11.8. The lowest BCUT2D eigenvalue weighted by molar-refractivity contribution is -0.118. The summed E-state index contributed by atoms with van der Waals surface area (Å²) < 4.78 is 0. The third-order valence-electron chi connectivity index (χ3n) is 2.57. The smallest absolute Gasteiger partial charge is 0.209 e. The molecule has 1 saturated heterocycles. The lowest BCUT2D eigenvalue weighted by Crippen LogP contribution is -2.30. The van der Waals surface area contributed by atoms with E-state index in [0.29, 0.717) is 26.2 Å². The van der Waals surface area contributed by atoms with E-state index >= 15 is 0 Å². The summed E-state index contributed by atoms with van der Waals surface area (Å²) in [7, 11) is 0. The van der Waals surface area contributed by atoms with Gasteiger partial charge in [0.25, 0.3) is 0 Å². The Labute approximate surface area is 100 Å². The number of carbonyl (C=O) groups excluding carboxylic acids is 1. The Balaban J connectivity index is 2.13. The lowest BCUT2D eigenvalue weighted by atomic mass is 10.4. The van der Waals surface area contributed by atoms with Crippen molar-refractivity contribution in [2.45, 2.75) is 13.8 Å². The predicted molar refractivity (Wildman–Crippen MR) is 62.4 cm³/mol. The number of nitrogens with zero attached hydrogens (tertiary/aromatic N) is 4. The molecule has 6 nitrogen and oxygen atoms in total. The molecule has 2 heterocycles. The summed E-state index contributed by atoms with van der Waals surface area (Å²) in [6, 6.07) is 1.88. The zero-order valence-corrected chi connectivity index (χ0v) is 10.1. The second kappa shape index (κ2) is 5.09. The lowest BCUT2D eigenvalue weighted by Gasteiger charge is -2.20. The Morgan fingerprint density at radius 2 is 2.12 bits per heavy atom. The van der Waals surface area contributed by atoms with Gasteiger partial charge in [0.1, 0.15) is 5.82 Å². The highest BCUT2D eigenvalue weighted by Gasteiger charge is 2.16. The molecule has 1 aromatic heterocycles. The van der Waals surface area contributed by atoms with Crippen LogP contribution in [0.4, 0.5) is 5.82 Å². The number of hydrogen-bond acceptors (Lipinski definition) is 5. The number of aromatic nitrogens is 2. The molecule has 6 heteroatoms. The first-order valence-corrected chi connectivity index (χ1v) is 5.61. The van der Waals surface area contributed by atoms with Gasteiger partial charge in [0, 0.05) is 24.8 Å². The van der Waals surface area contributed by atoms with Gasteiger partial charge in [-0.25, -0.2) is 15.0 Å². The van der Waals surface area contributed by atoms with Crippen LogP contribution in [0.2, 0.25) is 0 Å². The summed E-state index contributed by atoms with van der Waals surface area (Å²) in [4.78, 5) is 26.5. The molecule has 1 aliphatic heterocycles. The van der Waals surface area contributed by atoms with Crippen LogP contribution >= 0.6 is 0 Å². The summed E-state index contributed by atoms with van der Waals surface area (Å²) in [6.07, 6.45) is 0.851. The molecule has 17 heavy (non-hydrogen) atoms. The van der Waals surface area contributed by atoms with Gasteiger partial charge in [-0.2, -0.15) is 0 Å². The average Bonchev–Trinajstić information content (AvgIpc) is 2.52. The van der Waals surface area contributed by atoms with Crippen LogP contribution in [-0.4, -0.2) is 47.5 Å². The monoisotopic (exact) mass is 236 g/mol. The molecular formula is C11H16N4O2. The van der Waals surface area contributed by atoms with E-state index in [0.717, 1.165) is 23.7 Å². The van der Waals surface area contributed by atoms with Gasteiger partial charge in [-0.3, -0.25) is 9.63 Å². The van der Waals surface area contributed by atoms with Crippen molar-refractivity contribution in [3.63, 3.8) is 0 Å². The highest BCUT2D eigenvalue weighted by atomic mass is 16.7. The molecule has 2 rings (SSSR count). The van der Waals surface area contributed by atoms with E-state index in [-0.39, 0.29) is 0 Å². The van der Waals surface area contributed by atoms with E-state index in [1.807, 2.05) is 19.9 Å². The zero-order chi connectivity index (χ0) is 12.3. The topological polar surface area (TPSA) is 58.6 Å². The molecule has 0 aromatic carbocycles. The SMILES string of the molecule is Cc1cc(N2CCN(C=O)CCO2)nc(C)n1. The van der Waals surface area contributed by atoms with Crippen LogP contribution < -0.4 is 5.06 Å². The van der Waals surface area contributed by atoms with E-state index in [1.165, 1.54) is 0 Å². The van der Waals surface area contributed by atoms with Gasteiger partial charge in [-0.05, 0) is 13.8 Å². The minimum atomic E-state index is 0.487. The highest BCUT2D eigenvalue weighted by molar-refractivity contribution is 5.47. The Morgan fingerprint density at radius 3 is 2.82 bits per heavy atom. The van der Waals surface area contributed by atoms with E-state index in [4.69, 9.17) is 4.84 Å². The van der Waals surface area contributed by atoms with Crippen molar-refractivity contribution < 1.29 is 9.63 Å². The maximum Gasteiger partial charge on any atom is 0.209 e. The van der Waals surface area contributed by atoms with Gasteiger partial charge in [0.2, 0.25) is 6.41 Å². The van der Waals surface area contributed by atoms with Gasteiger partial charge in [0.05, 0.1) is 13.2 Å². The summed E-state index contributed by atoms with van der Waals surface area (Å²) >= 11 is 0. The fraction of sp³-hybridized carbons (Fsp3) is 0.545. The number of rotatable bonds is 2. The van der Waals surface area contributed by atoms with Crippen molar-refractivity contribution in [3.8, 4) is 0 Å². The Kier molecular flexibility index (Phi) is 3.53. The fourth-order valence-corrected chi connectivity index (χ4v) is 1.78. The second-order valence-electron chi connectivity index (χ2n) is 3.99. The van der Waals surface area contributed by atoms with E-state index in [9.17, 15) is 4.79 Å². The van der Waals surface area contributed by atoms with E-state index < -0.39 is 0 Å². The van der Waals surface area contributed by atoms with Crippen molar-refractivity contribution in [2.75, 3.05) is 31.3 Å². The largest absolute Gasteiger partial charge is 0.341 e. The number of aryl methyl sites for hydroxylation is 2. The first-order valence-electron chi connectivity index (χ1n) is 5.61. The van der Waals surface area contributed by atoms with Crippen molar-refractivity contribution in [1.82, 2.24) is 14.9 Å². The molecule has 0 saturated carbocycles. The molecule has 1 amide bonds. The predicted octanol–water partition coefficient (Wildman–Crippen LogP) is 0.303. The van der Waals surface area contributed by atoms with Crippen molar-refractivity contribution in [1.29, 1.82) is 0 Å². The molecule has 0 N–H and O–H groups in total. The van der Waals surface area contributed by atoms with Crippen molar-refractivity contribution in [2.24, 2.45) is 0 Å². The van der Waals surface area contributed by atoms with Crippen LogP contribution in [0.1, 0.15) is 11.5 Å². The number of hydrogen-bond donors (Lipinski definition) is 0. The molecule has 0 radical (unpaired) electrons. The molecule has 1 aliphatic rings. The van der Waals surface area contributed by atoms with Crippen molar-refractivity contribution >= 4 is 12.2 Å². The maximum absolute atomic E-state index is 10.7. The average molecular weight is 236 g/mol. The van der Waals surface area contributed by atoms with Crippen LogP contribution in [0.5, 0.6) is 0 Å². The molecule has 0 unspecified atom stereocenters. The van der Waals surface area contributed by atoms with Gasteiger partial charge in [-0.1, -0.05) is 0 Å². The van der Waals surface area contributed by atoms with Crippen LogP contribution in [0.15, 0.2) is 6.07 Å². The molecule has 0 aliphatic carbocycles. The van der Waals surface area contributed by atoms with Crippen molar-refractivity contribution in [3.05, 3.63) is 17.6 Å². The third kappa shape index (κ3) is 2.91. The first-order chi connectivity index (χ1) is 8.19. The summed E-state index contributed by atoms with van der Waals surface area (Å²) in [5, 5.41) is 1.73. The Morgan fingerprint density at radius 1 is 1.29 bits per heavy atom. The van der Waals surface area contributed by atoms with E-state index in [2.05, 4.69) is 9.97 Å². The summed E-state index contributed by atoms with van der Waals surface area (Å²) in [6.45, 7) is 6.14. The van der Waals surface area contributed by atoms with Crippen LogP contribution in [0.25, 0.3) is 0 Å². The Hall–Kier alpha value is -1.69. The molecular weight excluding hydrogens is 220 g/mol. The number of anilines is 1. The Bertz CT molecular complexity index is 390. The standard InChI is InChI=1S/C11H16N4O2/c1-9-7-11(13-10(2)12-9)15-4-3-14(8-16)5-6-17-15/h7-8H,3-6H2,1-2H3. The van der Waals surface area contributed by atoms with E-state index in [1.54, 1.807) is 9.96 Å². The minimum Gasteiger partial charge on any atom is -0.341 e. The third-order valence-corrected chi connectivity index (χ3v) is 2.57. The number of hydroxylamine groups is 1. The van der Waals surface area contributed by atoms with Gasteiger partial charge in [-0.15, -0.1) is 0 Å². The normalized spacial score (nSPS) is 16.8. The van der Waals surface area contributed by atoms with Gasteiger partial charge >= 0.3 is 0 Å². The van der Waals surface area contributed by atoms with Crippen LogP contribution in [-0.2, 0) is 9.63 Å². The molecule has 1 aromatic rings. The molecule has 0 bridgehead atoms. The fourth-order valence-electron chi connectivity index (χ4n) is 1.78. The maximum atomic E-state index is 10.7. The van der Waals surface area contributed by atoms with Gasteiger partial charge < -0.3 is 4.90 Å². The van der Waals surface area contributed by atoms with Crippen LogP contribution in [0.3, 0.4) is 0 Å².